The monoisotopic (exact) mass is 446 g/mol. The second-order valence-electron chi connectivity index (χ2n) is 7.37. The number of nitrogens with zero attached hydrogens (tertiary/aromatic N) is 2. The van der Waals surface area contributed by atoms with E-state index < -0.39 is 11.9 Å². The van der Waals surface area contributed by atoms with Crippen LogP contribution < -0.4 is 16.0 Å². The highest BCUT2D eigenvalue weighted by Crippen LogP contribution is 2.35. The van der Waals surface area contributed by atoms with E-state index in [1.54, 1.807) is 36.9 Å². The smallest absolute Gasteiger partial charge is 0.260 e. The Morgan fingerprint density at radius 2 is 1.73 bits per heavy atom. The maximum absolute atomic E-state index is 11.4. The number of benzene rings is 3. The lowest BCUT2D eigenvalue weighted by atomic mass is 10.0. The van der Waals surface area contributed by atoms with E-state index in [9.17, 15) is 9.90 Å². The largest absolute Gasteiger partial charge is 0.508 e. The fourth-order valence-corrected chi connectivity index (χ4v) is 3.39. The molecular weight excluding hydrogens is 424 g/mol. The van der Waals surface area contributed by atoms with E-state index in [1.807, 2.05) is 42.5 Å². The molecule has 0 fully saturated rings. The molecule has 168 valence electrons. The van der Waals surface area contributed by atoms with Gasteiger partial charge in [-0.2, -0.15) is 4.98 Å². The number of aromatic nitrogens is 2. The maximum Gasteiger partial charge on any atom is 0.260 e. The summed E-state index contributed by atoms with van der Waals surface area (Å²) in [6, 6.07) is 18.7. The van der Waals surface area contributed by atoms with Crippen LogP contribution in [0.2, 0.25) is 0 Å². The minimum absolute atomic E-state index is 0.181. The molecule has 0 spiro atoms. The molecule has 1 heterocycles. The predicted octanol–water partition coefficient (Wildman–Crippen LogP) is 3.16. The molecule has 0 aliphatic rings. The molecule has 0 saturated carbocycles. The minimum atomic E-state index is -0.851. The number of methoxy groups -OCH3 is 1. The van der Waals surface area contributed by atoms with Crippen molar-refractivity contribution in [3.05, 3.63) is 72.3 Å². The molecule has 9 heteroatoms. The van der Waals surface area contributed by atoms with E-state index in [0.29, 0.717) is 17.5 Å². The van der Waals surface area contributed by atoms with Crippen molar-refractivity contribution in [2.24, 2.45) is 5.73 Å². The first-order valence-corrected chi connectivity index (χ1v) is 10.1. The molecule has 0 unspecified atom stereocenters. The first-order chi connectivity index (χ1) is 16.0. The Hall–Kier alpha value is -4.21. The van der Waals surface area contributed by atoms with E-state index >= 15 is 0 Å². The van der Waals surface area contributed by atoms with Crippen molar-refractivity contribution in [3.63, 3.8) is 0 Å². The van der Waals surface area contributed by atoms with Gasteiger partial charge in [-0.3, -0.25) is 10.0 Å². The second-order valence-corrected chi connectivity index (χ2v) is 7.37. The molecule has 0 aliphatic carbocycles. The lowest BCUT2D eigenvalue weighted by Crippen LogP contribution is -2.40. The SMILES string of the molecule is COc1ccc(-c2nc(-c3ccc(C[C@H](N)C(=O)NO)cc3)no2)cc1-c1ccc(O)cc1. The van der Waals surface area contributed by atoms with Gasteiger partial charge < -0.3 is 20.1 Å². The van der Waals surface area contributed by atoms with Gasteiger partial charge in [0.2, 0.25) is 5.82 Å². The summed E-state index contributed by atoms with van der Waals surface area (Å²) in [5.74, 6) is 0.968. The van der Waals surface area contributed by atoms with Gasteiger partial charge in [-0.15, -0.1) is 0 Å². The lowest BCUT2D eigenvalue weighted by molar-refractivity contribution is -0.130. The fourth-order valence-electron chi connectivity index (χ4n) is 3.39. The molecule has 4 rings (SSSR count). The van der Waals surface area contributed by atoms with Gasteiger partial charge in [0.25, 0.3) is 11.8 Å². The van der Waals surface area contributed by atoms with E-state index in [0.717, 1.165) is 27.8 Å². The Kier molecular flexibility index (Phi) is 6.34. The molecule has 5 N–H and O–H groups in total. The molecule has 1 amide bonds. The third-order valence-corrected chi connectivity index (χ3v) is 5.17. The van der Waals surface area contributed by atoms with Crippen LogP contribution >= 0.6 is 0 Å². The number of hydrogen-bond acceptors (Lipinski definition) is 8. The molecule has 1 atom stereocenters. The maximum atomic E-state index is 11.4. The van der Waals surface area contributed by atoms with Crippen LogP contribution in [0.25, 0.3) is 34.0 Å². The summed E-state index contributed by atoms with van der Waals surface area (Å²) in [4.78, 5) is 15.9. The standard InChI is InChI=1S/C24H22N4O5/c1-32-21-11-8-17(13-19(21)15-6-9-18(29)10-7-15)24-26-22(28-33-24)16-4-2-14(3-5-16)12-20(25)23(30)27-31/h2-11,13,20,29,31H,12,25H2,1H3,(H,27,30)/t20-/m0/s1. The molecule has 0 aliphatic heterocycles. The van der Waals surface area contributed by atoms with E-state index in [1.165, 1.54) is 0 Å². The van der Waals surface area contributed by atoms with Crippen LogP contribution in [0.4, 0.5) is 0 Å². The number of carbonyl (C=O) groups excluding carboxylic acids is 1. The summed E-state index contributed by atoms with van der Waals surface area (Å²) < 4.78 is 11.0. The van der Waals surface area contributed by atoms with Gasteiger partial charge in [0, 0.05) is 16.7 Å². The summed E-state index contributed by atoms with van der Waals surface area (Å²) >= 11 is 0. The first kappa shape index (κ1) is 22.0. The number of rotatable bonds is 7. The number of hydroxylamine groups is 1. The van der Waals surface area contributed by atoms with Crippen molar-refractivity contribution in [2.45, 2.75) is 12.5 Å². The van der Waals surface area contributed by atoms with Crippen LogP contribution in [0, 0.1) is 0 Å². The topological polar surface area (TPSA) is 144 Å². The molecular formula is C24H22N4O5. The number of phenols is 1. The van der Waals surface area contributed by atoms with Gasteiger partial charge in [-0.25, -0.2) is 5.48 Å². The number of aromatic hydroxyl groups is 1. The molecule has 1 aromatic heterocycles. The number of carbonyl (C=O) groups is 1. The summed E-state index contributed by atoms with van der Waals surface area (Å²) in [6.45, 7) is 0. The third-order valence-electron chi connectivity index (χ3n) is 5.17. The van der Waals surface area contributed by atoms with Crippen molar-refractivity contribution in [3.8, 4) is 45.5 Å². The summed E-state index contributed by atoms with van der Waals surface area (Å²) in [5, 5.41) is 22.3. The quantitative estimate of drug-likeness (QED) is 0.250. The summed E-state index contributed by atoms with van der Waals surface area (Å²) in [5.41, 5.74) is 11.2. The van der Waals surface area contributed by atoms with E-state index in [4.69, 9.17) is 20.2 Å². The van der Waals surface area contributed by atoms with Gasteiger partial charge in [-0.1, -0.05) is 41.6 Å². The van der Waals surface area contributed by atoms with Crippen molar-refractivity contribution >= 4 is 5.91 Å². The Bertz CT molecular complexity index is 1250. The van der Waals surface area contributed by atoms with Gasteiger partial charge >= 0.3 is 0 Å². The van der Waals surface area contributed by atoms with Gasteiger partial charge in [-0.05, 0) is 47.9 Å². The zero-order valence-corrected chi connectivity index (χ0v) is 17.7. The highest BCUT2D eigenvalue weighted by molar-refractivity contribution is 5.80. The summed E-state index contributed by atoms with van der Waals surface area (Å²) in [6.07, 6.45) is 0.274. The molecule has 0 saturated heterocycles. The Labute approximate surface area is 189 Å². The number of nitrogens with one attached hydrogen (secondary N) is 1. The Morgan fingerprint density at radius 1 is 1.06 bits per heavy atom. The van der Waals surface area contributed by atoms with E-state index in [2.05, 4.69) is 10.1 Å². The third kappa shape index (κ3) is 4.84. The molecule has 0 radical (unpaired) electrons. The average Bonchev–Trinajstić information content (AvgIpc) is 3.34. The van der Waals surface area contributed by atoms with Gasteiger partial charge in [0.05, 0.1) is 13.2 Å². The van der Waals surface area contributed by atoms with Crippen LogP contribution in [0.1, 0.15) is 5.56 Å². The fraction of sp³-hybridized carbons (Fsp3) is 0.125. The first-order valence-electron chi connectivity index (χ1n) is 10.1. The average molecular weight is 446 g/mol. The van der Waals surface area contributed by atoms with Crippen molar-refractivity contribution in [1.82, 2.24) is 15.6 Å². The zero-order chi connectivity index (χ0) is 23.4. The molecule has 33 heavy (non-hydrogen) atoms. The second kappa shape index (κ2) is 9.51. The number of nitrogens with two attached hydrogens (primary N) is 1. The molecule has 9 nitrogen and oxygen atoms in total. The van der Waals surface area contributed by atoms with Crippen LogP contribution in [-0.4, -0.2) is 39.5 Å². The lowest BCUT2D eigenvalue weighted by Gasteiger charge is -2.10. The van der Waals surface area contributed by atoms with Gasteiger partial charge in [0.15, 0.2) is 0 Å². The predicted molar refractivity (Wildman–Crippen MR) is 120 cm³/mol. The van der Waals surface area contributed by atoms with Crippen molar-refractivity contribution in [1.29, 1.82) is 0 Å². The minimum Gasteiger partial charge on any atom is -0.508 e. The van der Waals surface area contributed by atoms with Crippen molar-refractivity contribution < 1.29 is 24.4 Å². The normalized spacial score (nSPS) is 11.7. The zero-order valence-electron chi connectivity index (χ0n) is 17.7. The summed E-state index contributed by atoms with van der Waals surface area (Å²) in [7, 11) is 1.59. The molecule has 0 bridgehead atoms. The Balaban J connectivity index is 1.58. The molecule has 4 aromatic rings. The number of ether oxygens (including phenoxy) is 1. The Morgan fingerprint density at radius 3 is 2.39 bits per heavy atom. The van der Waals surface area contributed by atoms with Crippen molar-refractivity contribution in [2.75, 3.05) is 7.11 Å². The number of amides is 1. The number of hydrogen-bond donors (Lipinski definition) is 4. The number of phenolic OH excluding ortho intramolecular Hbond substituents is 1. The molecule has 3 aromatic carbocycles. The van der Waals surface area contributed by atoms with Crippen LogP contribution in [-0.2, 0) is 11.2 Å². The van der Waals surface area contributed by atoms with Crippen LogP contribution in [0.3, 0.4) is 0 Å². The van der Waals surface area contributed by atoms with Crippen LogP contribution in [0.15, 0.2) is 71.3 Å². The van der Waals surface area contributed by atoms with Gasteiger partial charge in [0.1, 0.15) is 11.5 Å². The van der Waals surface area contributed by atoms with E-state index in [-0.39, 0.29) is 12.2 Å². The van der Waals surface area contributed by atoms with Crippen LogP contribution in [0.5, 0.6) is 11.5 Å². The highest BCUT2D eigenvalue weighted by Gasteiger charge is 2.16. The highest BCUT2D eigenvalue weighted by atomic mass is 16.5.